The Labute approximate surface area is 190 Å². The van der Waals surface area contributed by atoms with Gasteiger partial charge in [-0.2, -0.15) is 4.31 Å². The fraction of sp³-hybridized carbons (Fsp3) is 0.391. The minimum absolute atomic E-state index is 0.0530. The third-order valence-corrected chi connectivity index (χ3v) is 7.03. The normalized spacial score (nSPS) is 11.3. The summed E-state index contributed by atoms with van der Waals surface area (Å²) in [6.45, 7) is 6.34. The van der Waals surface area contributed by atoms with Crippen molar-refractivity contribution in [2.45, 2.75) is 32.1 Å². The molecule has 174 valence electrons. The summed E-state index contributed by atoms with van der Waals surface area (Å²) in [6.07, 6.45) is 0.0530. The van der Waals surface area contributed by atoms with Crippen LogP contribution in [0.2, 0.25) is 0 Å². The number of carbonyl (C=O) groups is 2. The van der Waals surface area contributed by atoms with Crippen LogP contribution in [0.4, 0.5) is 11.4 Å². The molecular formula is C23H32N4O4S. The predicted octanol–water partition coefficient (Wildman–Crippen LogP) is 2.85. The molecule has 32 heavy (non-hydrogen) atoms. The van der Waals surface area contributed by atoms with E-state index >= 15 is 0 Å². The monoisotopic (exact) mass is 460 g/mol. The van der Waals surface area contributed by atoms with E-state index in [0.717, 1.165) is 5.56 Å². The lowest BCUT2D eigenvalue weighted by molar-refractivity contribution is -0.116. The van der Waals surface area contributed by atoms with Crippen LogP contribution in [0.15, 0.2) is 47.4 Å². The SMILES string of the molecule is CCN(CC)S(=O)(=O)c1ccc(N(C)C)c(NC(=O)CCNC(=O)c2cccc(C)c2)c1. The van der Waals surface area contributed by atoms with E-state index in [2.05, 4.69) is 10.6 Å². The zero-order valence-electron chi connectivity index (χ0n) is 19.3. The third-order valence-electron chi connectivity index (χ3n) is 4.98. The molecule has 8 nitrogen and oxygen atoms in total. The lowest BCUT2D eigenvalue weighted by Crippen LogP contribution is -2.31. The van der Waals surface area contributed by atoms with Gasteiger partial charge in [0.25, 0.3) is 5.91 Å². The molecule has 0 fully saturated rings. The molecule has 9 heteroatoms. The first-order chi connectivity index (χ1) is 15.1. The predicted molar refractivity (Wildman–Crippen MR) is 128 cm³/mol. The smallest absolute Gasteiger partial charge is 0.251 e. The molecule has 2 aromatic carbocycles. The van der Waals surface area contributed by atoms with Gasteiger partial charge in [0.15, 0.2) is 0 Å². The van der Waals surface area contributed by atoms with E-state index < -0.39 is 10.0 Å². The molecule has 0 aliphatic rings. The zero-order valence-corrected chi connectivity index (χ0v) is 20.1. The van der Waals surface area contributed by atoms with Gasteiger partial charge in [0.2, 0.25) is 15.9 Å². The Morgan fingerprint density at radius 2 is 1.69 bits per heavy atom. The van der Waals surface area contributed by atoms with E-state index in [-0.39, 0.29) is 29.7 Å². The Balaban J connectivity index is 2.11. The van der Waals surface area contributed by atoms with Gasteiger partial charge in [-0.3, -0.25) is 9.59 Å². The molecule has 0 aliphatic carbocycles. The fourth-order valence-electron chi connectivity index (χ4n) is 3.27. The number of rotatable bonds is 10. The molecule has 0 saturated heterocycles. The second-order valence-electron chi connectivity index (χ2n) is 7.59. The van der Waals surface area contributed by atoms with Crippen LogP contribution in [0.3, 0.4) is 0 Å². The molecule has 2 amide bonds. The van der Waals surface area contributed by atoms with E-state index in [1.54, 1.807) is 49.1 Å². The van der Waals surface area contributed by atoms with Gasteiger partial charge in [-0.1, -0.05) is 31.5 Å². The highest BCUT2D eigenvalue weighted by atomic mass is 32.2. The number of carbonyl (C=O) groups excluding carboxylic acids is 2. The van der Waals surface area contributed by atoms with Gasteiger partial charge in [0.1, 0.15) is 0 Å². The summed E-state index contributed by atoms with van der Waals surface area (Å²) in [5, 5.41) is 5.52. The summed E-state index contributed by atoms with van der Waals surface area (Å²) in [5.41, 5.74) is 2.60. The largest absolute Gasteiger partial charge is 0.376 e. The highest BCUT2D eigenvalue weighted by Gasteiger charge is 2.23. The van der Waals surface area contributed by atoms with E-state index in [4.69, 9.17) is 0 Å². The van der Waals surface area contributed by atoms with Crippen molar-refractivity contribution in [3.05, 3.63) is 53.6 Å². The van der Waals surface area contributed by atoms with Crippen LogP contribution in [-0.2, 0) is 14.8 Å². The molecule has 2 N–H and O–H groups in total. The van der Waals surface area contributed by atoms with Crippen LogP contribution < -0.4 is 15.5 Å². The number of anilines is 2. The van der Waals surface area contributed by atoms with E-state index in [1.807, 2.05) is 27.1 Å². The van der Waals surface area contributed by atoms with E-state index in [1.165, 1.54) is 10.4 Å². The Morgan fingerprint density at radius 1 is 1.00 bits per heavy atom. The lowest BCUT2D eigenvalue weighted by Gasteiger charge is -2.22. The molecule has 0 spiro atoms. The zero-order chi connectivity index (χ0) is 23.9. The topological polar surface area (TPSA) is 98.8 Å². The van der Waals surface area contributed by atoms with Crippen molar-refractivity contribution >= 4 is 33.2 Å². The summed E-state index contributed by atoms with van der Waals surface area (Å²) in [6, 6.07) is 11.9. The summed E-state index contributed by atoms with van der Waals surface area (Å²) < 4.78 is 27.1. The van der Waals surface area contributed by atoms with Crippen molar-refractivity contribution in [2.75, 3.05) is 43.9 Å². The Hall–Kier alpha value is -2.91. The maximum atomic E-state index is 12.9. The minimum atomic E-state index is -3.66. The molecular weight excluding hydrogens is 428 g/mol. The molecule has 0 unspecified atom stereocenters. The van der Waals surface area contributed by atoms with Crippen molar-refractivity contribution in [1.29, 1.82) is 0 Å². The maximum Gasteiger partial charge on any atom is 0.251 e. The van der Waals surface area contributed by atoms with Crippen molar-refractivity contribution in [3.8, 4) is 0 Å². The highest BCUT2D eigenvalue weighted by molar-refractivity contribution is 7.89. The number of benzene rings is 2. The van der Waals surface area contributed by atoms with Crippen LogP contribution in [-0.4, -0.2) is 58.3 Å². The number of sulfonamides is 1. The van der Waals surface area contributed by atoms with Crippen molar-refractivity contribution in [3.63, 3.8) is 0 Å². The fourth-order valence-corrected chi connectivity index (χ4v) is 4.75. The molecule has 0 bridgehead atoms. The van der Waals surface area contributed by atoms with Crippen LogP contribution in [0.1, 0.15) is 36.2 Å². The number of nitrogens with zero attached hydrogens (tertiary/aromatic N) is 2. The van der Waals surface area contributed by atoms with Gasteiger partial charge in [0, 0.05) is 45.7 Å². The Kier molecular flexibility index (Phi) is 8.80. The highest BCUT2D eigenvalue weighted by Crippen LogP contribution is 2.29. The first-order valence-corrected chi connectivity index (χ1v) is 12.0. The molecule has 0 atom stereocenters. The molecule has 2 rings (SSSR count). The van der Waals surface area contributed by atoms with Gasteiger partial charge in [-0.05, 0) is 37.3 Å². The third kappa shape index (κ3) is 6.30. The first kappa shape index (κ1) is 25.4. The number of aryl methyl sites for hydroxylation is 1. The summed E-state index contributed by atoms with van der Waals surface area (Å²) in [5.74, 6) is -0.571. The maximum absolute atomic E-state index is 12.9. The van der Waals surface area contributed by atoms with Gasteiger partial charge in [-0.25, -0.2) is 8.42 Å². The molecule has 0 aromatic heterocycles. The van der Waals surface area contributed by atoms with Crippen molar-refractivity contribution < 1.29 is 18.0 Å². The molecule has 0 radical (unpaired) electrons. The molecule has 2 aromatic rings. The quantitative estimate of drug-likeness (QED) is 0.568. The number of hydrogen-bond acceptors (Lipinski definition) is 5. The average molecular weight is 461 g/mol. The number of amides is 2. The molecule has 0 aliphatic heterocycles. The lowest BCUT2D eigenvalue weighted by atomic mass is 10.1. The van der Waals surface area contributed by atoms with Crippen LogP contribution >= 0.6 is 0 Å². The number of hydrogen-bond donors (Lipinski definition) is 2. The summed E-state index contributed by atoms with van der Waals surface area (Å²) in [4.78, 5) is 26.7. The van der Waals surface area contributed by atoms with Gasteiger partial charge in [0.05, 0.1) is 16.3 Å². The van der Waals surface area contributed by atoms with E-state index in [9.17, 15) is 18.0 Å². The van der Waals surface area contributed by atoms with Crippen molar-refractivity contribution in [2.24, 2.45) is 0 Å². The first-order valence-electron chi connectivity index (χ1n) is 10.6. The molecule has 0 heterocycles. The Morgan fingerprint density at radius 3 is 2.28 bits per heavy atom. The van der Waals surface area contributed by atoms with E-state index in [0.29, 0.717) is 30.0 Å². The second-order valence-corrected chi connectivity index (χ2v) is 9.52. The number of nitrogens with one attached hydrogen (secondary N) is 2. The standard InChI is InChI=1S/C23H32N4O4S/c1-6-27(7-2)32(30,31)19-11-12-21(26(4)5)20(16-19)25-22(28)13-14-24-23(29)18-10-8-9-17(3)15-18/h8-12,15-16H,6-7,13-14H2,1-5H3,(H,24,29)(H,25,28). The van der Waals surface area contributed by atoms with Gasteiger partial charge >= 0.3 is 0 Å². The summed E-state index contributed by atoms with van der Waals surface area (Å²) in [7, 11) is -0.0356. The van der Waals surface area contributed by atoms with Crippen LogP contribution in [0, 0.1) is 6.92 Å². The van der Waals surface area contributed by atoms with Crippen molar-refractivity contribution in [1.82, 2.24) is 9.62 Å². The molecule has 0 saturated carbocycles. The second kappa shape index (κ2) is 11.1. The Bertz CT molecular complexity index is 1060. The van der Waals surface area contributed by atoms with Crippen LogP contribution in [0.5, 0.6) is 0 Å². The minimum Gasteiger partial charge on any atom is -0.376 e. The average Bonchev–Trinajstić information content (AvgIpc) is 2.74. The van der Waals surface area contributed by atoms with Crippen LogP contribution in [0.25, 0.3) is 0 Å². The summed E-state index contributed by atoms with van der Waals surface area (Å²) >= 11 is 0. The van der Waals surface area contributed by atoms with Gasteiger partial charge in [-0.15, -0.1) is 0 Å². The van der Waals surface area contributed by atoms with Gasteiger partial charge < -0.3 is 15.5 Å².